The second-order valence-electron chi connectivity index (χ2n) is 6.31. The van der Waals surface area contributed by atoms with E-state index in [0.29, 0.717) is 17.6 Å². The van der Waals surface area contributed by atoms with E-state index in [9.17, 15) is 5.11 Å². The number of aryl methyl sites for hydroxylation is 1. The Morgan fingerprint density at radius 1 is 1.16 bits per heavy atom. The van der Waals surface area contributed by atoms with Crippen molar-refractivity contribution in [3.8, 4) is 5.75 Å². The van der Waals surface area contributed by atoms with Crippen molar-refractivity contribution >= 4 is 0 Å². The number of hydrogen-bond donors (Lipinski definition) is 1. The maximum atomic E-state index is 10.6. The van der Waals surface area contributed by atoms with Gasteiger partial charge in [-0.1, -0.05) is 46.2 Å². The normalized spacial score (nSPS) is 18.3. The highest BCUT2D eigenvalue weighted by Crippen LogP contribution is 2.46. The third kappa shape index (κ3) is 3.13. The van der Waals surface area contributed by atoms with Gasteiger partial charge >= 0.3 is 0 Å². The van der Waals surface area contributed by atoms with Crippen LogP contribution >= 0.6 is 0 Å². The lowest BCUT2D eigenvalue weighted by Crippen LogP contribution is -2.03. The summed E-state index contributed by atoms with van der Waals surface area (Å²) in [6.45, 7) is 8.92. The molecular formula is C18H28O. The van der Waals surface area contributed by atoms with Crippen LogP contribution in [0.5, 0.6) is 5.75 Å². The van der Waals surface area contributed by atoms with E-state index >= 15 is 0 Å². The summed E-state index contributed by atoms with van der Waals surface area (Å²) in [4.78, 5) is 0. The molecule has 0 aliphatic heterocycles. The lowest BCUT2D eigenvalue weighted by atomic mass is 9.86. The second-order valence-corrected chi connectivity index (χ2v) is 6.31. The molecule has 1 nitrogen and oxygen atoms in total. The molecule has 1 aromatic rings. The Balaban J connectivity index is 2.41. The van der Waals surface area contributed by atoms with Crippen molar-refractivity contribution in [2.24, 2.45) is 5.92 Å². The Kier molecular flexibility index (Phi) is 4.54. The third-order valence-electron chi connectivity index (χ3n) is 4.73. The minimum Gasteiger partial charge on any atom is -0.507 e. The molecule has 0 heterocycles. The van der Waals surface area contributed by atoms with Crippen LogP contribution in [0.2, 0.25) is 0 Å². The van der Waals surface area contributed by atoms with Gasteiger partial charge in [0.2, 0.25) is 0 Å². The van der Waals surface area contributed by atoms with Gasteiger partial charge in [-0.25, -0.2) is 0 Å². The van der Waals surface area contributed by atoms with E-state index in [1.165, 1.54) is 30.4 Å². The van der Waals surface area contributed by atoms with Gasteiger partial charge in [0.05, 0.1) is 0 Å². The smallest absolute Gasteiger partial charge is 0.122 e. The zero-order valence-electron chi connectivity index (χ0n) is 12.9. The lowest BCUT2D eigenvalue weighted by Gasteiger charge is -2.20. The summed E-state index contributed by atoms with van der Waals surface area (Å²) in [6, 6.07) is 4.49. The SMILES string of the molecule is CCCc1cc(C(C)CC)c(O)c(C(C)C2CC2)c1. The summed E-state index contributed by atoms with van der Waals surface area (Å²) < 4.78 is 0. The van der Waals surface area contributed by atoms with Crippen LogP contribution in [0.3, 0.4) is 0 Å². The molecular weight excluding hydrogens is 232 g/mol. The van der Waals surface area contributed by atoms with E-state index in [-0.39, 0.29) is 0 Å². The van der Waals surface area contributed by atoms with Crippen molar-refractivity contribution < 1.29 is 5.11 Å². The summed E-state index contributed by atoms with van der Waals surface area (Å²) in [6.07, 6.45) is 6.03. The summed E-state index contributed by atoms with van der Waals surface area (Å²) >= 11 is 0. The number of aromatic hydroxyl groups is 1. The Labute approximate surface area is 118 Å². The Morgan fingerprint density at radius 3 is 2.32 bits per heavy atom. The summed E-state index contributed by atoms with van der Waals surface area (Å²) in [5.74, 6) is 2.34. The number of phenolic OH excluding ortho intramolecular Hbond substituents is 1. The molecule has 0 aromatic heterocycles. The van der Waals surface area contributed by atoms with Gasteiger partial charge in [-0.2, -0.15) is 0 Å². The number of rotatable bonds is 6. The third-order valence-corrected chi connectivity index (χ3v) is 4.73. The fourth-order valence-electron chi connectivity index (χ4n) is 2.97. The highest BCUT2D eigenvalue weighted by atomic mass is 16.3. The van der Waals surface area contributed by atoms with Crippen LogP contribution in [0, 0.1) is 5.92 Å². The highest BCUT2D eigenvalue weighted by molar-refractivity contribution is 5.47. The molecule has 0 spiro atoms. The molecule has 2 atom stereocenters. The van der Waals surface area contributed by atoms with E-state index in [2.05, 4.69) is 39.8 Å². The van der Waals surface area contributed by atoms with Crippen molar-refractivity contribution in [2.45, 2.75) is 71.6 Å². The molecule has 1 aliphatic carbocycles. The Hall–Kier alpha value is -0.980. The largest absolute Gasteiger partial charge is 0.507 e. The average molecular weight is 260 g/mol. The quantitative estimate of drug-likeness (QED) is 0.729. The maximum absolute atomic E-state index is 10.6. The standard InChI is InChI=1S/C18H28O/c1-5-7-14-10-16(12(3)6-2)18(19)17(11-14)13(4)15-8-9-15/h10-13,15,19H,5-9H2,1-4H3. The average Bonchev–Trinajstić information content (AvgIpc) is 3.23. The first-order chi connectivity index (χ1) is 9.08. The predicted molar refractivity (Wildman–Crippen MR) is 81.9 cm³/mol. The summed E-state index contributed by atoms with van der Waals surface area (Å²) in [5.41, 5.74) is 3.76. The Bertz CT molecular complexity index is 432. The first kappa shape index (κ1) is 14.4. The molecule has 1 aromatic carbocycles. The highest BCUT2D eigenvalue weighted by Gasteiger charge is 2.31. The number of benzene rings is 1. The molecule has 2 rings (SSSR count). The van der Waals surface area contributed by atoms with Gasteiger partial charge in [-0.3, -0.25) is 0 Å². The zero-order valence-corrected chi connectivity index (χ0v) is 12.9. The van der Waals surface area contributed by atoms with Crippen LogP contribution < -0.4 is 0 Å². The van der Waals surface area contributed by atoms with Crippen molar-refractivity contribution in [3.05, 3.63) is 28.8 Å². The zero-order chi connectivity index (χ0) is 14.0. The molecule has 1 N–H and O–H groups in total. The van der Waals surface area contributed by atoms with Crippen LogP contribution in [-0.2, 0) is 6.42 Å². The van der Waals surface area contributed by atoms with Crippen LogP contribution in [0.15, 0.2) is 12.1 Å². The van der Waals surface area contributed by atoms with E-state index in [1.807, 2.05) is 0 Å². The maximum Gasteiger partial charge on any atom is 0.122 e. The molecule has 1 saturated carbocycles. The molecule has 0 bridgehead atoms. The van der Waals surface area contributed by atoms with Gasteiger partial charge in [0, 0.05) is 0 Å². The second kappa shape index (κ2) is 5.98. The van der Waals surface area contributed by atoms with Crippen LogP contribution in [0.25, 0.3) is 0 Å². The summed E-state index contributed by atoms with van der Waals surface area (Å²) in [7, 11) is 0. The fourth-order valence-corrected chi connectivity index (χ4v) is 2.97. The van der Waals surface area contributed by atoms with Gasteiger partial charge in [0.1, 0.15) is 5.75 Å². The molecule has 1 heteroatoms. The molecule has 19 heavy (non-hydrogen) atoms. The van der Waals surface area contributed by atoms with E-state index in [0.717, 1.165) is 24.3 Å². The van der Waals surface area contributed by atoms with E-state index in [1.54, 1.807) is 0 Å². The van der Waals surface area contributed by atoms with Gasteiger partial charge in [-0.15, -0.1) is 0 Å². The topological polar surface area (TPSA) is 20.2 Å². The molecule has 0 saturated heterocycles. The van der Waals surface area contributed by atoms with Crippen molar-refractivity contribution in [3.63, 3.8) is 0 Å². The lowest BCUT2D eigenvalue weighted by molar-refractivity contribution is 0.445. The molecule has 1 fully saturated rings. The van der Waals surface area contributed by atoms with Crippen molar-refractivity contribution in [1.82, 2.24) is 0 Å². The molecule has 0 radical (unpaired) electrons. The van der Waals surface area contributed by atoms with E-state index in [4.69, 9.17) is 0 Å². The van der Waals surface area contributed by atoms with Crippen molar-refractivity contribution in [1.29, 1.82) is 0 Å². The number of phenols is 1. The first-order valence-electron chi connectivity index (χ1n) is 7.94. The van der Waals surface area contributed by atoms with Gasteiger partial charge in [0.25, 0.3) is 0 Å². The molecule has 106 valence electrons. The monoisotopic (exact) mass is 260 g/mol. The van der Waals surface area contributed by atoms with Crippen molar-refractivity contribution in [2.75, 3.05) is 0 Å². The first-order valence-corrected chi connectivity index (χ1v) is 7.94. The van der Waals surface area contributed by atoms with E-state index < -0.39 is 0 Å². The van der Waals surface area contributed by atoms with Gasteiger partial charge < -0.3 is 5.11 Å². The minimum atomic E-state index is 0.446. The van der Waals surface area contributed by atoms with Gasteiger partial charge in [0.15, 0.2) is 0 Å². The Morgan fingerprint density at radius 2 is 1.79 bits per heavy atom. The fraction of sp³-hybridized carbons (Fsp3) is 0.667. The number of hydrogen-bond acceptors (Lipinski definition) is 1. The predicted octanol–water partition coefficient (Wildman–Crippen LogP) is 5.37. The van der Waals surface area contributed by atoms with Gasteiger partial charge in [-0.05, 0) is 60.1 Å². The van der Waals surface area contributed by atoms with Crippen LogP contribution in [0.4, 0.5) is 0 Å². The van der Waals surface area contributed by atoms with Crippen LogP contribution in [0.1, 0.15) is 81.9 Å². The minimum absolute atomic E-state index is 0.446. The van der Waals surface area contributed by atoms with Crippen LogP contribution in [-0.4, -0.2) is 5.11 Å². The molecule has 0 amide bonds. The molecule has 1 aliphatic rings. The summed E-state index contributed by atoms with van der Waals surface area (Å²) in [5, 5.41) is 10.6. The molecule has 2 unspecified atom stereocenters.